The zero-order valence-electron chi connectivity index (χ0n) is 15.0. The first-order valence-electron chi connectivity index (χ1n) is 7.92. The van der Waals surface area contributed by atoms with Gasteiger partial charge in [-0.1, -0.05) is 17.7 Å². The van der Waals surface area contributed by atoms with Gasteiger partial charge in [0.05, 0.1) is 22.7 Å². The average Bonchev–Trinajstić information content (AvgIpc) is 2.54. The Bertz CT molecular complexity index is 927. The monoisotopic (exact) mass is 396 g/mol. The molecular weight excluding hydrogens is 376 g/mol. The maximum absolute atomic E-state index is 12.7. The van der Waals surface area contributed by atoms with Crippen LogP contribution in [0.4, 0.5) is 5.69 Å². The van der Waals surface area contributed by atoms with Crippen LogP contribution >= 0.6 is 11.6 Å². The third-order valence-electron chi connectivity index (χ3n) is 3.59. The van der Waals surface area contributed by atoms with Gasteiger partial charge >= 0.3 is 0 Å². The van der Waals surface area contributed by atoms with Crippen molar-refractivity contribution in [2.75, 3.05) is 11.8 Å². The SMILES string of the molecule is COc1ccc(NS(=O)(=O)c2ccc(C)c(C(=O)NC(C)C)c2)cc1Cl. The van der Waals surface area contributed by atoms with E-state index in [-0.39, 0.29) is 21.9 Å². The second-order valence-electron chi connectivity index (χ2n) is 6.06. The van der Waals surface area contributed by atoms with Crippen molar-refractivity contribution in [3.8, 4) is 5.75 Å². The lowest BCUT2D eigenvalue weighted by atomic mass is 10.1. The summed E-state index contributed by atoms with van der Waals surface area (Å²) in [6, 6.07) is 8.93. The molecule has 0 radical (unpaired) electrons. The minimum absolute atomic E-state index is 0.0102. The highest BCUT2D eigenvalue weighted by atomic mass is 35.5. The Morgan fingerprint density at radius 3 is 2.42 bits per heavy atom. The number of carbonyl (C=O) groups excluding carboxylic acids is 1. The van der Waals surface area contributed by atoms with Crippen molar-refractivity contribution in [3.05, 3.63) is 52.5 Å². The molecule has 0 spiro atoms. The molecule has 0 heterocycles. The second kappa shape index (κ2) is 7.97. The molecule has 0 aliphatic carbocycles. The Labute approximate surface area is 158 Å². The fraction of sp³-hybridized carbons (Fsp3) is 0.278. The molecule has 0 aromatic heterocycles. The van der Waals surface area contributed by atoms with Gasteiger partial charge in [0.1, 0.15) is 5.75 Å². The summed E-state index contributed by atoms with van der Waals surface area (Å²) >= 11 is 6.03. The van der Waals surface area contributed by atoms with Crippen LogP contribution in [-0.2, 0) is 10.0 Å². The number of amides is 1. The Morgan fingerprint density at radius 1 is 1.15 bits per heavy atom. The molecule has 2 aromatic carbocycles. The van der Waals surface area contributed by atoms with E-state index in [1.807, 2.05) is 13.8 Å². The zero-order chi connectivity index (χ0) is 19.5. The molecule has 0 aliphatic rings. The van der Waals surface area contributed by atoms with E-state index in [1.54, 1.807) is 25.1 Å². The molecule has 0 fully saturated rings. The fourth-order valence-corrected chi connectivity index (χ4v) is 3.63. The number of hydrogen-bond donors (Lipinski definition) is 2. The molecule has 0 atom stereocenters. The molecule has 0 bridgehead atoms. The van der Waals surface area contributed by atoms with Gasteiger partial charge in [0, 0.05) is 11.6 Å². The van der Waals surface area contributed by atoms with Crippen LogP contribution in [0.1, 0.15) is 29.8 Å². The van der Waals surface area contributed by atoms with E-state index in [1.165, 1.54) is 25.3 Å². The molecule has 2 N–H and O–H groups in total. The Balaban J connectivity index is 2.34. The summed E-state index contributed by atoms with van der Waals surface area (Å²) in [6.45, 7) is 5.42. The molecule has 0 saturated heterocycles. The van der Waals surface area contributed by atoms with Gasteiger partial charge in [-0.25, -0.2) is 8.42 Å². The van der Waals surface area contributed by atoms with Gasteiger partial charge in [-0.15, -0.1) is 0 Å². The highest BCUT2D eigenvalue weighted by Gasteiger charge is 2.19. The first kappa shape index (κ1) is 20.1. The summed E-state index contributed by atoms with van der Waals surface area (Å²) in [6.07, 6.45) is 0. The lowest BCUT2D eigenvalue weighted by molar-refractivity contribution is 0.0942. The number of rotatable bonds is 6. The molecule has 2 rings (SSSR count). The van der Waals surface area contributed by atoms with Crippen LogP contribution in [0.3, 0.4) is 0 Å². The maximum Gasteiger partial charge on any atom is 0.261 e. The van der Waals surface area contributed by atoms with Gasteiger partial charge in [-0.2, -0.15) is 0 Å². The largest absolute Gasteiger partial charge is 0.495 e. The summed E-state index contributed by atoms with van der Waals surface area (Å²) in [7, 11) is -2.41. The third-order valence-corrected chi connectivity index (χ3v) is 5.26. The van der Waals surface area contributed by atoms with Gasteiger partial charge in [0.25, 0.3) is 15.9 Å². The lowest BCUT2D eigenvalue weighted by Crippen LogP contribution is -2.30. The molecule has 0 unspecified atom stereocenters. The van der Waals surface area contributed by atoms with Crippen molar-refractivity contribution < 1.29 is 17.9 Å². The quantitative estimate of drug-likeness (QED) is 0.781. The first-order valence-corrected chi connectivity index (χ1v) is 9.78. The molecule has 2 aromatic rings. The number of methoxy groups -OCH3 is 1. The van der Waals surface area contributed by atoms with Crippen molar-refractivity contribution in [1.82, 2.24) is 5.32 Å². The van der Waals surface area contributed by atoms with Crippen molar-refractivity contribution in [2.24, 2.45) is 0 Å². The van der Waals surface area contributed by atoms with Crippen LogP contribution in [0.15, 0.2) is 41.3 Å². The molecule has 26 heavy (non-hydrogen) atoms. The lowest BCUT2D eigenvalue weighted by Gasteiger charge is -2.13. The summed E-state index contributed by atoms with van der Waals surface area (Å²) in [4.78, 5) is 12.3. The van der Waals surface area contributed by atoms with E-state index in [0.717, 1.165) is 0 Å². The van der Waals surface area contributed by atoms with Gasteiger partial charge in [0.15, 0.2) is 0 Å². The smallest absolute Gasteiger partial charge is 0.261 e. The van der Waals surface area contributed by atoms with Crippen LogP contribution in [0.25, 0.3) is 0 Å². The van der Waals surface area contributed by atoms with Crippen molar-refractivity contribution in [1.29, 1.82) is 0 Å². The fourth-order valence-electron chi connectivity index (χ4n) is 2.30. The van der Waals surface area contributed by atoms with E-state index in [9.17, 15) is 13.2 Å². The number of anilines is 1. The number of ether oxygens (including phenoxy) is 1. The Kier molecular flexibility index (Phi) is 6.15. The van der Waals surface area contributed by atoms with Gasteiger partial charge in [0.2, 0.25) is 0 Å². The molecular formula is C18H21ClN2O4S. The van der Waals surface area contributed by atoms with Crippen molar-refractivity contribution >= 4 is 33.2 Å². The van der Waals surface area contributed by atoms with E-state index in [0.29, 0.717) is 22.6 Å². The molecule has 0 aliphatic heterocycles. The number of nitrogens with one attached hydrogen (secondary N) is 2. The predicted octanol–water partition coefficient (Wildman–Crippen LogP) is 3.60. The van der Waals surface area contributed by atoms with Gasteiger partial charge < -0.3 is 10.1 Å². The van der Waals surface area contributed by atoms with Gasteiger partial charge in [-0.05, 0) is 56.7 Å². The highest BCUT2D eigenvalue weighted by molar-refractivity contribution is 7.92. The van der Waals surface area contributed by atoms with Crippen LogP contribution in [0.5, 0.6) is 5.75 Å². The minimum Gasteiger partial charge on any atom is -0.495 e. The van der Waals surface area contributed by atoms with Crippen LogP contribution in [-0.4, -0.2) is 27.5 Å². The molecule has 8 heteroatoms. The number of hydrogen-bond acceptors (Lipinski definition) is 4. The van der Waals surface area contributed by atoms with Crippen molar-refractivity contribution in [3.63, 3.8) is 0 Å². The number of carbonyl (C=O) groups is 1. The predicted molar refractivity (Wildman–Crippen MR) is 103 cm³/mol. The zero-order valence-corrected chi connectivity index (χ0v) is 16.5. The third kappa shape index (κ3) is 4.68. The topological polar surface area (TPSA) is 84.5 Å². The second-order valence-corrected chi connectivity index (χ2v) is 8.15. The molecule has 6 nitrogen and oxygen atoms in total. The van der Waals surface area contributed by atoms with Crippen LogP contribution in [0.2, 0.25) is 5.02 Å². The van der Waals surface area contributed by atoms with E-state index in [4.69, 9.17) is 16.3 Å². The summed E-state index contributed by atoms with van der Waals surface area (Å²) in [5.41, 5.74) is 1.30. The summed E-state index contributed by atoms with van der Waals surface area (Å²) in [5.74, 6) is 0.125. The first-order chi connectivity index (χ1) is 12.1. The Hall–Kier alpha value is -2.25. The van der Waals surface area contributed by atoms with E-state index in [2.05, 4.69) is 10.0 Å². The summed E-state index contributed by atoms with van der Waals surface area (Å²) in [5, 5.41) is 3.05. The standard InChI is InChI=1S/C18H21ClN2O4S/c1-11(2)20-18(22)15-10-14(7-5-12(15)3)26(23,24)21-13-6-8-17(25-4)16(19)9-13/h5-11,21H,1-4H3,(H,20,22). The number of benzene rings is 2. The minimum atomic E-state index is -3.88. The van der Waals surface area contributed by atoms with Crippen LogP contribution < -0.4 is 14.8 Å². The summed E-state index contributed by atoms with van der Waals surface area (Å²) < 4.78 is 32.8. The van der Waals surface area contributed by atoms with Gasteiger partial charge in [-0.3, -0.25) is 9.52 Å². The molecule has 140 valence electrons. The number of aryl methyl sites for hydroxylation is 1. The van der Waals surface area contributed by atoms with Crippen LogP contribution in [0, 0.1) is 6.92 Å². The van der Waals surface area contributed by atoms with Crippen molar-refractivity contribution in [2.45, 2.75) is 31.7 Å². The van der Waals surface area contributed by atoms with E-state index < -0.39 is 10.0 Å². The van der Waals surface area contributed by atoms with E-state index >= 15 is 0 Å². The number of halogens is 1. The molecule has 0 saturated carbocycles. The number of sulfonamides is 1. The molecule has 1 amide bonds. The Morgan fingerprint density at radius 2 is 1.85 bits per heavy atom. The maximum atomic E-state index is 12.7. The highest BCUT2D eigenvalue weighted by Crippen LogP contribution is 2.28. The normalized spacial score (nSPS) is 11.3. The average molecular weight is 397 g/mol.